The van der Waals surface area contributed by atoms with E-state index in [9.17, 15) is 4.79 Å². The molecule has 0 aliphatic rings. The number of pyridine rings is 1. The van der Waals surface area contributed by atoms with Crippen LogP contribution in [-0.2, 0) is 6.54 Å². The van der Waals surface area contributed by atoms with Crippen molar-refractivity contribution in [2.24, 2.45) is 0 Å². The number of nitrogens with zero attached hydrogens (tertiary/aromatic N) is 3. The monoisotopic (exact) mass is 248 g/mol. The largest absolute Gasteiger partial charge is 0.421 e. The third kappa shape index (κ3) is 1.70. The van der Waals surface area contributed by atoms with E-state index >= 15 is 0 Å². The summed E-state index contributed by atoms with van der Waals surface area (Å²) in [5.74, 6) is -0.425. The van der Waals surface area contributed by atoms with Gasteiger partial charge in [0.1, 0.15) is 0 Å². The zero-order valence-corrected chi connectivity index (χ0v) is 9.48. The van der Waals surface area contributed by atoms with E-state index in [1.165, 1.54) is 15.9 Å². The van der Waals surface area contributed by atoms with Gasteiger partial charge in [-0.15, -0.1) is 11.3 Å². The number of nitrogen functional groups attached to an aromatic ring is 1. The first-order valence-electron chi connectivity index (χ1n) is 4.88. The van der Waals surface area contributed by atoms with E-state index in [1.807, 2.05) is 0 Å². The van der Waals surface area contributed by atoms with Gasteiger partial charge in [-0.1, -0.05) is 0 Å². The van der Waals surface area contributed by atoms with Crippen molar-refractivity contribution in [1.82, 2.24) is 14.5 Å². The van der Waals surface area contributed by atoms with Gasteiger partial charge in [-0.3, -0.25) is 4.57 Å². The third-order valence-electron chi connectivity index (χ3n) is 2.31. The van der Waals surface area contributed by atoms with Gasteiger partial charge >= 0.3 is 5.76 Å². The molecule has 0 radical (unpaired) electrons. The van der Waals surface area contributed by atoms with Gasteiger partial charge in [0.15, 0.2) is 16.4 Å². The van der Waals surface area contributed by atoms with Crippen LogP contribution in [0.4, 0.5) is 5.13 Å². The van der Waals surface area contributed by atoms with Gasteiger partial charge in [0, 0.05) is 17.3 Å². The van der Waals surface area contributed by atoms with Crippen LogP contribution in [0.15, 0.2) is 33.7 Å². The first-order valence-corrected chi connectivity index (χ1v) is 5.70. The number of hydrogen-bond donors (Lipinski definition) is 1. The Kier molecular flexibility index (Phi) is 2.19. The Balaban J connectivity index is 2.11. The smallest absolute Gasteiger partial charge is 0.406 e. The number of thiazole rings is 1. The fourth-order valence-electron chi connectivity index (χ4n) is 1.59. The molecule has 2 N–H and O–H groups in total. The quantitative estimate of drug-likeness (QED) is 0.733. The molecular weight excluding hydrogens is 240 g/mol. The molecule has 3 aromatic heterocycles. The minimum absolute atomic E-state index is 0.373. The molecule has 0 amide bonds. The summed E-state index contributed by atoms with van der Waals surface area (Å²) in [4.78, 5) is 20.6. The second-order valence-electron chi connectivity index (χ2n) is 3.44. The van der Waals surface area contributed by atoms with Crippen LogP contribution in [0.25, 0.3) is 11.2 Å². The Morgan fingerprint density at radius 3 is 3.12 bits per heavy atom. The third-order valence-corrected chi connectivity index (χ3v) is 3.12. The molecular formula is C10H8N4O2S. The summed E-state index contributed by atoms with van der Waals surface area (Å²) >= 11 is 1.34. The summed E-state index contributed by atoms with van der Waals surface area (Å²) in [6, 6.07) is 3.43. The number of rotatable bonds is 2. The minimum Gasteiger partial charge on any atom is -0.406 e. The summed E-state index contributed by atoms with van der Waals surface area (Å²) in [5.41, 5.74) is 6.55. The maximum Gasteiger partial charge on any atom is 0.421 e. The van der Waals surface area contributed by atoms with Crippen LogP contribution in [0.3, 0.4) is 0 Å². The molecule has 0 unspecified atom stereocenters. The molecule has 0 bridgehead atoms. The van der Waals surface area contributed by atoms with Gasteiger partial charge < -0.3 is 10.2 Å². The molecule has 0 fully saturated rings. The molecule has 0 atom stereocenters. The summed E-state index contributed by atoms with van der Waals surface area (Å²) in [7, 11) is 0. The van der Waals surface area contributed by atoms with Crippen molar-refractivity contribution in [2.45, 2.75) is 6.54 Å². The highest BCUT2D eigenvalue weighted by Gasteiger charge is 2.11. The molecule has 0 spiro atoms. The van der Waals surface area contributed by atoms with Crippen LogP contribution in [-0.4, -0.2) is 14.5 Å². The molecule has 3 heterocycles. The highest BCUT2D eigenvalue weighted by Crippen LogP contribution is 2.17. The predicted octanol–water partition coefficient (Wildman–Crippen LogP) is 1.08. The molecule has 0 saturated heterocycles. The van der Waals surface area contributed by atoms with Gasteiger partial charge in [0.25, 0.3) is 0 Å². The van der Waals surface area contributed by atoms with E-state index in [4.69, 9.17) is 10.2 Å². The van der Waals surface area contributed by atoms with Crippen LogP contribution in [0.5, 0.6) is 0 Å². The van der Waals surface area contributed by atoms with Crippen LogP contribution in [0.1, 0.15) is 4.88 Å². The van der Waals surface area contributed by atoms with Gasteiger partial charge in [-0.2, -0.15) is 0 Å². The number of anilines is 1. The Morgan fingerprint density at radius 1 is 1.47 bits per heavy atom. The van der Waals surface area contributed by atoms with Crippen molar-refractivity contribution in [1.29, 1.82) is 0 Å². The van der Waals surface area contributed by atoms with Gasteiger partial charge in [0.2, 0.25) is 0 Å². The highest BCUT2D eigenvalue weighted by molar-refractivity contribution is 7.15. The molecule has 0 aliphatic heterocycles. The molecule has 7 heteroatoms. The van der Waals surface area contributed by atoms with Crippen LogP contribution in [0.2, 0.25) is 0 Å². The molecule has 0 aliphatic carbocycles. The van der Waals surface area contributed by atoms with Crippen molar-refractivity contribution >= 4 is 27.7 Å². The van der Waals surface area contributed by atoms with Crippen LogP contribution in [0, 0.1) is 0 Å². The fourth-order valence-corrected chi connectivity index (χ4v) is 2.26. The van der Waals surface area contributed by atoms with E-state index in [1.54, 1.807) is 24.5 Å². The molecule has 0 aromatic carbocycles. The Hall–Kier alpha value is -2.15. The number of nitrogens with two attached hydrogens (primary N) is 1. The zero-order chi connectivity index (χ0) is 11.8. The summed E-state index contributed by atoms with van der Waals surface area (Å²) < 4.78 is 6.54. The van der Waals surface area contributed by atoms with Crippen LogP contribution >= 0.6 is 11.3 Å². The number of hydrogen-bond acceptors (Lipinski definition) is 6. The minimum atomic E-state index is -0.425. The lowest BCUT2D eigenvalue weighted by Gasteiger charge is -1.96. The highest BCUT2D eigenvalue weighted by atomic mass is 32.1. The average Bonchev–Trinajstić information content (AvgIpc) is 2.85. The SMILES string of the molecule is Nc1ncc(Cn2c(=O)oc3cccnc32)s1. The summed E-state index contributed by atoms with van der Waals surface area (Å²) in [6.45, 7) is 0.373. The maximum absolute atomic E-state index is 11.7. The zero-order valence-electron chi connectivity index (χ0n) is 8.66. The standard InChI is InChI=1S/C10H8N4O2S/c11-9-13-4-6(17-9)5-14-8-7(16-10(14)15)2-1-3-12-8/h1-4H,5H2,(H2,11,13). The lowest BCUT2D eigenvalue weighted by atomic mass is 10.4. The van der Waals surface area contributed by atoms with E-state index in [-0.39, 0.29) is 0 Å². The Morgan fingerprint density at radius 2 is 2.35 bits per heavy atom. The average molecular weight is 248 g/mol. The fraction of sp³-hybridized carbons (Fsp3) is 0.100. The van der Waals surface area contributed by atoms with Crippen LogP contribution < -0.4 is 11.5 Å². The van der Waals surface area contributed by atoms with E-state index in [0.717, 1.165) is 4.88 Å². The van der Waals surface area contributed by atoms with E-state index < -0.39 is 5.76 Å². The molecule has 6 nitrogen and oxygen atoms in total. The second-order valence-corrected chi connectivity index (χ2v) is 4.59. The van der Waals surface area contributed by atoms with E-state index in [2.05, 4.69) is 9.97 Å². The second kappa shape index (κ2) is 3.70. The molecule has 86 valence electrons. The molecule has 3 rings (SSSR count). The number of oxazole rings is 1. The van der Waals surface area contributed by atoms with Gasteiger partial charge in [-0.05, 0) is 12.1 Å². The van der Waals surface area contributed by atoms with Gasteiger partial charge in [-0.25, -0.2) is 14.8 Å². The van der Waals surface area contributed by atoms with Gasteiger partial charge in [0.05, 0.1) is 6.54 Å². The van der Waals surface area contributed by atoms with Crippen molar-refractivity contribution < 1.29 is 4.42 Å². The maximum atomic E-state index is 11.7. The van der Waals surface area contributed by atoms with E-state index in [0.29, 0.717) is 22.9 Å². The molecule has 0 saturated carbocycles. The predicted molar refractivity (Wildman–Crippen MR) is 63.9 cm³/mol. The van der Waals surface area contributed by atoms with Crippen molar-refractivity contribution in [3.8, 4) is 0 Å². The summed E-state index contributed by atoms with van der Waals surface area (Å²) in [5, 5.41) is 0.480. The molecule has 3 aromatic rings. The first kappa shape index (κ1) is 10.0. The Bertz CT molecular complexity index is 727. The normalized spacial score (nSPS) is 11.1. The lowest BCUT2D eigenvalue weighted by Crippen LogP contribution is -2.14. The van der Waals surface area contributed by atoms with Crippen molar-refractivity contribution in [2.75, 3.05) is 5.73 Å². The Labute approximate surface area is 99.3 Å². The lowest BCUT2D eigenvalue weighted by molar-refractivity contribution is 0.518. The first-order chi connectivity index (χ1) is 8.24. The van der Waals surface area contributed by atoms with Crippen molar-refractivity contribution in [3.63, 3.8) is 0 Å². The summed E-state index contributed by atoms with van der Waals surface area (Å²) in [6.07, 6.45) is 3.27. The molecule has 17 heavy (non-hydrogen) atoms. The number of fused-ring (bicyclic) bond motifs is 1. The number of aromatic nitrogens is 3. The van der Waals surface area contributed by atoms with Crippen molar-refractivity contribution in [3.05, 3.63) is 40.0 Å². The topological polar surface area (TPSA) is 86.9 Å².